The lowest BCUT2D eigenvalue weighted by Crippen LogP contribution is -2.28. The minimum atomic E-state index is -0.538. The number of aliphatic hydroxyl groups excluding tert-OH is 1. The zero-order valence-corrected chi connectivity index (χ0v) is 12.5. The van der Waals surface area contributed by atoms with E-state index in [0.29, 0.717) is 6.54 Å². The van der Waals surface area contributed by atoms with Crippen molar-refractivity contribution in [2.24, 2.45) is 5.73 Å². The number of halogens is 1. The summed E-state index contributed by atoms with van der Waals surface area (Å²) in [6.07, 6.45) is -1.10. The second-order valence-electron chi connectivity index (χ2n) is 4.19. The van der Waals surface area contributed by atoms with Crippen LogP contribution in [-0.4, -0.2) is 31.0 Å². The maximum absolute atomic E-state index is 9.48. The van der Waals surface area contributed by atoms with E-state index in [2.05, 4.69) is 15.9 Å². The number of methoxy groups -OCH3 is 1. The summed E-state index contributed by atoms with van der Waals surface area (Å²) in [7, 11) is 1.61. The van der Waals surface area contributed by atoms with E-state index in [1.165, 1.54) is 0 Å². The zero-order chi connectivity index (χ0) is 13.7. The fourth-order valence-corrected chi connectivity index (χ4v) is 2.03. The molecule has 3 N–H and O–H groups in total. The molecular weight excluding hydrogens is 298 g/mol. The first-order valence-corrected chi connectivity index (χ1v) is 6.66. The van der Waals surface area contributed by atoms with E-state index in [9.17, 15) is 5.11 Å². The van der Waals surface area contributed by atoms with Gasteiger partial charge in [0.05, 0.1) is 25.4 Å². The maximum Gasteiger partial charge on any atom is 0.119 e. The van der Waals surface area contributed by atoms with Crippen molar-refractivity contribution in [2.75, 3.05) is 13.7 Å². The van der Waals surface area contributed by atoms with E-state index in [-0.39, 0.29) is 12.2 Å². The van der Waals surface area contributed by atoms with Gasteiger partial charge in [-0.05, 0) is 37.6 Å². The van der Waals surface area contributed by atoms with Crippen LogP contribution in [0.3, 0.4) is 0 Å². The summed E-state index contributed by atoms with van der Waals surface area (Å²) in [4.78, 5) is 0. The van der Waals surface area contributed by atoms with Gasteiger partial charge in [-0.2, -0.15) is 0 Å². The molecule has 1 aromatic rings. The van der Waals surface area contributed by atoms with Crippen LogP contribution in [0, 0.1) is 0 Å². The second kappa shape index (κ2) is 7.09. The monoisotopic (exact) mass is 317 g/mol. The quantitative estimate of drug-likeness (QED) is 0.844. The highest BCUT2D eigenvalue weighted by molar-refractivity contribution is 9.10. The van der Waals surface area contributed by atoms with Gasteiger partial charge in [0.2, 0.25) is 0 Å². The Kier molecular flexibility index (Phi) is 6.08. The number of nitrogens with two attached hydrogens (primary N) is 1. The Bertz CT molecular complexity index is 384. The molecule has 18 heavy (non-hydrogen) atoms. The molecule has 0 aliphatic carbocycles. The van der Waals surface area contributed by atoms with Crippen molar-refractivity contribution in [3.63, 3.8) is 0 Å². The predicted molar refractivity (Wildman–Crippen MR) is 74.7 cm³/mol. The average molecular weight is 318 g/mol. The highest BCUT2D eigenvalue weighted by Gasteiger charge is 2.19. The first-order chi connectivity index (χ1) is 8.49. The van der Waals surface area contributed by atoms with E-state index in [1.807, 2.05) is 25.1 Å². The molecule has 5 heteroatoms. The Morgan fingerprint density at radius 3 is 2.56 bits per heavy atom. The van der Waals surface area contributed by atoms with Crippen LogP contribution in [0.25, 0.3) is 0 Å². The molecule has 0 saturated carbocycles. The second-order valence-corrected chi connectivity index (χ2v) is 5.05. The third-order valence-corrected chi connectivity index (χ3v) is 3.54. The van der Waals surface area contributed by atoms with Gasteiger partial charge in [-0.25, -0.2) is 0 Å². The lowest BCUT2D eigenvalue weighted by atomic mass is 10.1. The molecule has 3 unspecified atom stereocenters. The normalized spacial score (nSPS) is 16.1. The van der Waals surface area contributed by atoms with Crippen molar-refractivity contribution in [1.29, 1.82) is 0 Å². The Morgan fingerprint density at radius 1 is 1.39 bits per heavy atom. The van der Waals surface area contributed by atoms with Gasteiger partial charge >= 0.3 is 0 Å². The van der Waals surface area contributed by atoms with Crippen molar-refractivity contribution < 1.29 is 14.6 Å². The molecule has 0 aliphatic heterocycles. The van der Waals surface area contributed by atoms with E-state index >= 15 is 0 Å². The minimum Gasteiger partial charge on any atom is -0.497 e. The molecule has 1 aromatic carbocycles. The molecule has 0 radical (unpaired) electrons. The van der Waals surface area contributed by atoms with Gasteiger partial charge in [0, 0.05) is 11.0 Å². The van der Waals surface area contributed by atoms with Crippen molar-refractivity contribution in [2.45, 2.75) is 32.2 Å². The summed E-state index contributed by atoms with van der Waals surface area (Å²) >= 11 is 3.47. The van der Waals surface area contributed by atoms with Crippen molar-refractivity contribution >= 4 is 15.9 Å². The summed E-state index contributed by atoms with van der Waals surface area (Å²) in [5.74, 6) is 0.750. The van der Waals surface area contributed by atoms with Gasteiger partial charge in [0.25, 0.3) is 0 Å². The molecule has 0 spiro atoms. The lowest BCUT2D eigenvalue weighted by molar-refractivity contribution is -0.0594. The highest BCUT2D eigenvalue weighted by atomic mass is 79.9. The lowest BCUT2D eigenvalue weighted by Gasteiger charge is -2.24. The van der Waals surface area contributed by atoms with Crippen LogP contribution in [0.15, 0.2) is 22.7 Å². The first kappa shape index (κ1) is 15.4. The zero-order valence-electron chi connectivity index (χ0n) is 10.9. The largest absolute Gasteiger partial charge is 0.497 e. The minimum absolute atomic E-state index is 0.279. The van der Waals surface area contributed by atoms with Gasteiger partial charge in [0.1, 0.15) is 5.75 Å². The Morgan fingerprint density at radius 2 is 2.06 bits per heavy atom. The van der Waals surface area contributed by atoms with Crippen LogP contribution in [-0.2, 0) is 4.74 Å². The predicted octanol–water partition coefficient (Wildman–Crippen LogP) is 2.24. The molecule has 0 aliphatic rings. The van der Waals surface area contributed by atoms with Gasteiger partial charge in [0.15, 0.2) is 0 Å². The van der Waals surface area contributed by atoms with Crippen LogP contribution in [0.2, 0.25) is 0 Å². The molecule has 0 amide bonds. The Balaban J connectivity index is 2.93. The van der Waals surface area contributed by atoms with Crippen molar-refractivity contribution in [3.05, 3.63) is 28.2 Å². The smallest absolute Gasteiger partial charge is 0.119 e. The molecule has 1 rings (SSSR count). The van der Waals surface area contributed by atoms with Gasteiger partial charge in [-0.3, -0.25) is 0 Å². The van der Waals surface area contributed by atoms with Gasteiger partial charge in [-0.1, -0.05) is 15.9 Å². The molecular formula is C13H20BrNO3. The SMILES string of the molecule is COc1ccc(Br)c(C(CN)OC(C)C(C)O)c1. The van der Waals surface area contributed by atoms with Crippen LogP contribution in [0.1, 0.15) is 25.5 Å². The summed E-state index contributed by atoms with van der Waals surface area (Å²) in [5, 5.41) is 9.48. The topological polar surface area (TPSA) is 64.7 Å². The van der Waals surface area contributed by atoms with Crippen molar-refractivity contribution in [1.82, 2.24) is 0 Å². The summed E-state index contributed by atoms with van der Waals surface area (Å²) in [6, 6.07) is 5.64. The Labute approximate surface area is 116 Å². The maximum atomic E-state index is 9.48. The summed E-state index contributed by atoms with van der Waals surface area (Å²) in [6.45, 7) is 3.85. The highest BCUT2D eigenvalue weighted by Crippen LogP contribution is 2.30. The molecule has 102 valence electrons. The molecule has 0 saturated heterocycles. The Hall–Kier alpha value is -0.620. The molecule has 0 heterocycles. The molecule has 4 nitrogen and oxygen atoms in total. The number of hydrogen-bond acceptors (Lipinski definition) is 4. The first-order valence-electron chi connectivity index (χ1n) is 5.86. The number of ether oxygens (including phenoxy) is 2. The van der Waals surface area contributed by atoms with E-state index in [0.717, 1.165) is 15.8 Å². The van der Waals surface area contributed by atoms with E-state index in [1.54, 1.807) is 14.0 Å². The number of hydrogen-bond donors (Lipinski definition) is 2. The van der Waals surface area contributed by atoms with Crippen LogP contribution in [0.4, 0.5) is 0 Å². The molecule has 3 atom stereocenters. The standard InChI is InChI=1S/C13H20BrNO3/c1-8(16)9(2)18-13(7-15)11-6-10(17-3)4-5-12(11)14/h4-6,8-9,13,16H,7,15H2,1-3H3. The number of aliphatic hydroxyl groups is 1. The van der Waals surface area contributed by atoms with Gasteiger partial charge in [-0.15, -0.1) is 0 Å². The average Bonchev–Trinajstić information content (AvgIpc) is 2.36. The summed E-state index contributed by atoms with van der Waals surface area (Å²) in [5.41, 5.74) is 6.67. The molecule has 0 bridgehead atoms. The van der Waals surface area contributed by atoms with E-state index in [4.69, 9.17) is 15.2 Å². The number of rotatable bonds is 6. The molecule has 0 fully saturated rings. The third-order valence-electron chi connectivity index (χ3n) is 2.82. The van der Waals surface area contributed by atoms with Crippen LogP contribution in [0.5, 0.6) is 5.75 Å². The number of benzene rings is 1. The van der Waals surface area contributed by atoms with Crippen LogP contribution < -0.4 is 10.5 Å². The fourth-order valence-electron chi connectivity index (χ4n) is 1.52. The third kappa shape index (κ3) is 3.95. The fraction of sp³-hybridized carbons (Fsp3) is 0.538. The molecule has 0 aromatic heterocycles. The van der Waals surface area contributed by atoms with Crippen molar-refractivity contribution in [3.8, 4) is 5.75 Å². The van der Waals surface area contributed by atoms with Gasteiger partial charge < -0.3 is 20.3 Å². The van der Waals surface area contributed by atoms with Crippen LogP contribution >= 0.6 is 15.9 Å². The summed E-state index contributed by atoms with van der Waals surface area (Å²) < 4.78 is 11.9. The van der Waals surface area contributed by atoms with E-state index < -0.39 is 6.10 Å².